The molecule has 0 amide bonds. The quantitative estimate of drug-likeness (QED) is 0.872. The van der Waals surface area contributed by atoms with Crippen LogP contribution in [0.4, 0.5) is 5.69 Å². The van der Waals surface area contributed by atoms with Crippen LogP contribution in [0.25, 0.3) is 0 Å². The van der Waals surface area contributed by atoms with Gasteiger partial charge < -0.3 is 0 Å². The fourth-order valence-corrected chi connectivity index (χ4v) is 2.66. The van der Waals surface area contributed by atoms with Crippen LogP contribution in [0.15, 0.2) is 23.1 Å². The van der Waals surface area contributed by atoms with Crippen molar-refractivity contribution >= 4 is 37.3 Å². The Bertz CT molecular complexity index is 639. The SMILES string of the molecule is CN(c1ccc(Cl)c(S(N)(=O)=O)c1)S(C)(=O)=O. The average Bonchev–Trinajstić information content (AvgIpc) is 2.14. The highest BCUT2D eigenvalue weighted by molar-refractivity contribution is 7.92. The molecule has 0 saturated carbocycles. The number of sulfonamides is 2. The second-order valence-electron chi connectivity index (χ2n) is 3.39. The molecule has 6 nitrogen and oxygen atoms in total. The van der Waals surface area contributed by atoms with Crippen LogP contribution in [-0.4, -0.2) is 30.1 Å². The Balaban J connectivity index is 3.43. The van der Waals surface area contributed by atoms with Crippen molar-refractivity contribution in [3.05, 3.63) is 23.2 Å². The van der Waals surface area contributed by atoms with Gasteiger partial charge in [-0.1, -0.05) is 11.6 Å². The van der Waals surface area contributed by atoms with E-state index in [1.165, 1.54) is 19.2 Å². The number of rotatable bonds is 3. The maximum absolute atomic E-state index is 11.3. The second kappa shape index (κ2) is 4.45. The molecule has 2 N–H and O–H groups in total. The maximum atomic E-state index is 11.3. The van der Waals surface area contributed by atoms with Crippen LogP contribution >= 0.6 is 11.6 Å². The second-order valence-corrected chi connectivity index (χ2v) is 7.34. The molecule has 1 aromatic rings. The molecule has 0 unspecified atom stereocenters. The highest BCUT2D eigenvalue weighted by atomic mass is 35.5. The van der Waals surface area contributed by atoms with Gasteiger partial charge in [-0.15, -0.1) is 0 Å². The van der Waals surface area contributed by atoms with E-state index in [-0.39, 0.29) is 15.6 Å². The van der Waals surface area contributed by atoms with Gasteiger partial charge in [0.05, 0.1) is 17.0 Å². The summed E-state index contributed by atoms with van der Waals surface area (Å²) >= 11 is 5.67. The summed E-state index contributed by atoms with van der Waals surface area (Å²) in [5.74, 6) is 0. The first kappa shape index (κ1) is 14.2. The summed E-state index contributed by atoms with van der Waals surface area (Å²) in [6, 6.07) is 3.77. The van der Waals surface area contributed by atoms with Gasteiger partial charge in [0.15, 0.2) is 0 Å². The predicted molar refractivity (Wildman–Crippen MR) is 66.1 cm³/mol. The summed E-state index contributed by atoms with van der Waals surface area (Å²) < 4.78 is 45.9. The largest absolute Gasteiger partial charge is 0.273 e. The van der Waals surface area contributed by atoms with Crippen LogP contribution in [0.1, 0.15) is 0 Å². The zero-order chi connectivity index (χ0) is 13.4. The van der Waals surface area contributed by atoms with Gasteiger partial charge in [0.25, 0.3) is 0 Å². The van der Waals surface area contributed by atoms with Gasteiger partial charge in [-0.2, -0.15) is 0 Å². The zero-order valence-corrected chi connectivity index (χ0v) is 11.5. The van der Waals surface area contributed by atoms with Gasteiger partial charge in [-0.25, -0.2) is 22.0 Å². The number of benzene rings is 1. The molecule has 1 rings (SSSR count). The van der Waals surface area contributed by atoms with E-state index in [2.05, 4.69) is 0 Å². The molecule has 0 fully saturated rings. The fraction of sp³-hybridized carbons (Fsp3) is 0.250. The third-order valence-electron chi connectivity index (χ3n) is 2.08. The van der Waals surface area contributed by atoms with E-state index in [1.54, 1.807) is 0 Å². The number of nitrogens with zero attached hydrogens (tertiary/aromatic N) is 1. The van der Waals surface area contributed by atoms with E-state index in [9.17, 15) is 16.8 Å². The summed E-state index contributed by atoms with van der Waals surface area (Å²) in [7, 11) is -6.17. The predicted octanol–water partition coefficient (Wildman–Crippen LogP) is 0.383. The highest BCUT2D eigenvalue weighted by Crippen LogP contribution is 2.26. The van der Waals surface area contributed by atoms with Crippen molar-refractivity contribution in [1.82, 2.24) is 0 Å². The topological polar surface area (TPSA) is 97.5 Å². The Hall–Kier alpha value is -0.830. The minimum absolute atomic E-state index is 0.0573. The van der Waals surface area contributed by atoms with E-state index in [0.717, 1.165) is 16.6 Å². The highest BCUT2D eigenvalue weighted by Gasteiger charge is 2.18. The molecule has 9 heteroatoms. The molecule has 0 aliphatic heterocycles. The van der Waals surface area contributed by atoms with Crippen molar-refractivity contribution in [2.45, 2.75) is 4.90 Å². The maximum Gasteiger partial charge on any atom is 0.239 e. The van der Waals surface area contributed by atoms with Crippen LogP contribution in [0.5, 0.6) is 0 Å². The normalized spacial score (nSPS) is 12.5. The van der Waals surface area contributed by atoms with Crippen LogP contribution < -0.4 is 9.44 Å². The smallest absolute Gasteiger partial charge is 0.239 e. The molecule has 0 atom stereocenters. The van der Waals surface area contributed by atoms with Crippen LogP contribution in [-0.2, 0) is 20.0 Å². The molecule has 0 aliphatic carbocycles. The van der Waals surface area contributed by atoms with Gasteiger partial charge >= 0.3 is 0 Å². The van der Waals surface area contributed by atoms with Gasteiger partial charge in [-0.05, 0) is 18.2 Å². The van der Waals surface area contributed by atoms with E-state index >= 15 is 0 Å². The summed E-state index contributed by atoms with van der Waals surface area (Å²) in [5, 5.41) is 4.90. The Labute approximate surface area is 105 Å². The molecule has 0 saturated heterocycles. The number of hydrogen-bond donors (Lipinski definition) is 1. The van der Waals surface area contributed by atoms with Crippen LogP contribution in [0.3, 0.4) is 0 Å². The number of hydrogen-bond acceptors (Lipinski definition) is 4. The molecule has 96 valence electrons. The summed E-state index contributed by atoms with van der Waals surface area (Å²) in [4.78, 5) is -0.313. The number of anilines is 1. The molecule has 0 aliphatic rings. The van der Waals surface area contributed by atoms with Gasteiger partial charge in [0.2, 0.25) is 20.0 Å². The Morgan fingerprint density at radius 2 is 1.76 bits per heavy atom. The first-order valence-corrected chi connectivity index (χ1v) is 8.07. The van der Waals surface area contributed by atoms with E-state index in [0.29, 0.717) is 0 Å². The zero-order valence-electron chi connectivity index (χ0n) is 9.08. The first-order valence-electron chi connectivity index (χ1n) is 4.30. The van der Waals surface area contributed by atoms with E-state index in [4.69, 9.17) is 16.7 Å². The van der Waals surface area contributed by atoms with Crippen molar-refractivity contribution in [2.75, 3.05) is 17.6 Å². The average molecular weight is 299 g/mol. The lowest BCUT2D eigenvalue weighted by Crippen LogP contribution is -2.25. The van der Waals surface area contributed by atoms with Crippen molar-refractivity contribution in [2.24, 2.45) is 5.14 Å². The van der Waals surface area contributed by atoms with Gasteiger partial charge in [0.1, 0.15) is 4.90 Å². The van der Waals surface area contributed by atoms with Crippen molar-refractivity contribution in [1.29, 1.82) is 0 Å². The lowest BCUT2D eigenvalue weighted by atomic mass is 10.3. The first-order chi connectivity index (χ1) is 7.53. The molecule has 0 spiro atoms. The summed E-state index contributed by atoms with van der Waals surface area (Å²) in [6.45, 7) is 0. The van der Waals surface area contributed by atoms with Crippen molar-refractivity contribution in [3.8, 4) is 0 Å². The standard InChI is InChI=1S/C8H11ClN2O4S2/c1-11(16(2,12)13)6-3-4-7(9)8(5-6)17(10,14)15/h3-5H,1-2H3,(H2,10,14,15). The third kappa shape index (κ3) is 3.32. The Kier molecular flexibility index (Phi) is 3.72. The van der Waals surface area contributed by atoms with Crippen LogP contribution in [0.2, 0.25) is 5.02 Å². The van der Waals surface area contributed by atoms with Gasteiger partial charge in [0, 0.05) is 7.05 Å². The van der Waals surface area contributed by atoms with Crippen molar-refractivity contribution < 1.29 is 16.8 Å². The third-order valence-corrected chi connectivity index (χ3v) is 4.68. The minimum atomic E-state index is -3.99. The molecular weight excluding hydrogens is 288 g/mol. The minimum Gasteiger partial charge on any atom is -0.273 e. The van der Waals surface area contributed by atoms with E-state index in [1.807, 2.05) is 0 Å². The molecule has 0 radical (unpaired) electrons. The molecule has 0 bridgehead atoms. The molecule has 17 heavy (non-hydrogen) atoms. The Morgan fingerprint density at radius 1 is 1.24 bits per heavy atom. The molecule has 1 aromatic carbocycles. The van der Waals surface area contributed by atoms with E-state index < -0.39 is 20.0 Å². The lowest BCUT2D eigenvalue weighted by Gasteiger charge is -2.17. The fourth-order valence-electron chi connectivity index (χ4n) is 1.10. The molecular formula is C8H11ClN2O4S2. The van der Waals surface area contributed by atoms with Gasteiger partial charge in [-0.3, -0.25) is 4.31 Å². The number of halogens is 1. The molecule has 0 heterocycles. The number of primary sulfonamides is 1. The lowest BCUT2D eigenvalue weighted by molar-refractivity contribution is 0.596. The Morgan fingerprint density at radius 3 is 2.18 bits per heavy atom. The summed E-state index contributed by atoms with van der Waals surface area (Å²) in [5.41, 5.74) is 0.168. The number of nitrogens with two attached hydrogens (primary N) is 1. The summed E-state index contributed by atoms with van der Waals surface area (Å²) in [6.07, 6.45) is 0.998. The molecule has 0 aromatic heterocycles. The monoisotopic (exact) mass is 298 g/mol. The van der Waals surface area contributed by atoms with Crippen molar-refractivity contribution in [3.63, 3.8) is 0 Å². The van der Waals surface area contributed by atoms with Crippen LogP contribution in [0, 0.1) is 0 Å².